The molecule has 0 unspecified atom stereocenters. The number of anilines is 1. The molecule has 0 aliphatic rings. The largest absolute Gasteiger partial charge is 0.325 e. The number of urea groups is 1. The van der Waals surface area contributed by atoms with E-state index in [2.05, 4.69) is 15.4 Å². The third kappa shape index (κ3) is 3.30. The Labute approximate surface area is 126 Å². The van der Waals surface area contributed by atoms with E-state index in [0.717, 1.165) is 5.69 Å². The molecule has 2 rings (SSSR count). The second-order valence-electron chi connectivity index (χ2n) is 4.02. The van der Waals surface area contributed by atoms with Gasteiger partial charge in [0.2, 0.25) is 0 Å². The zero-order valence-corrected chi connectivity index (χ0v) is 12.1. The van der Waals surface area contributed by atoms with Gasteiger partial charge in [-0.05, 0) is 19.1 Å². The second kappa shape index (κ2) is 6.72. The van der Waals surface area contributed by atoms with E-state index in [1.807, 2.05) is 19.1 Å². The summed E-state index contributed by atoms with van der Waals surface area (Å²) in [6.45, 7) is 2.14. The van der Waals surface area contributed by atoms with Crippen molar-refractivity contribution in [2.75, 3.05) is 18.0 Å². The quantitative estimate of drug-likeness (QED) is 0.875. The topological polar surface area (TPSA) is 86.8 Å². The Kier molecular flexibility index (Phi) is 4.74. The van der Waals surface area contributed by atoms with Crippen molar-refractivity contribution in [3.8, 4) is 11.8 Å². The predicted molar refractivity (Wildman–Crippen MR) is 78.4 cm³/mol. The van der Waals surface area contributed by atoms with Crippen LogP contribution in [-0.4, -0.2) is 33.9 Å². The average Bonchev–Trinajstić information content (AvgIpc) is 2.89. The van der Waals surface area contributed by atoms with E-state index >= 15 is 0 Å². The lowest BCUT2D eigenvalue weighted by atomic mass is 10.4. The van der Waals surface area contributed by atoms with Crippen LogP contribution in [0.1, 0.15) is 6.92 Å². The summed E-state index contributed by atoms with van der Waals surface area (Å²) in [5, 5.41) is 15.4. The molecule has 0 fully saturated rings. The Hall–Kier alpha value is -2.59. The molecule has 21 heavy (non-hydrogen) atoms. The first-order chi connectivity index (χ1) is 10.2. The predicted octanol–water partition coefficient (Wildman–Crippen LogP) is 1.98. The molecular weight excluding hydrogens is 292 g/mol. The highest BCUT2D eigenvalue weighted by molar-refractivity contribution is 6.32. The van der Waals surface area contributed by atoms with Crippen molar-refractivity contribution < 1.29 is 4.79 Å². The molecule has 8 heteroatoms. The van der Waals surface area contributed by atoms with Crippen LogP contribution < -0.4 is 10.2 Å². The van der Waals surface area contributed by atoms with Crippen molar-refractivity contribution in [3.63, 3.8) is 0 Å². The Morgan fingerprint density at radius 2 is 2.43 bits per heavy atom. The summed E-state index contributed by atoms with van der Waals surface area (Å²) in [5.41, 5.74) is 1.21. The van der Waals surface area contributed by atoms with Crippen molar-refractivity contribution in [2.24, 2.45) is 0 Å². The molecule has 2 aromatic heterocycles. The molecule has 0 bridgehead atoms. The standard InChI is InChI=1S/C13H13ClN6O/c1-2-19(13(21)17-7-5-15)11-9-20(18-12(11)14)10-4-3-6-16-8-10/h3-4,6,8-9H,2,7H2,1H3,(H,17,21). The van der Waals surface area contributed by atoms with E-state index < -0.39 is 6.03 Å². The van der Waals surface area contributed by atoms with Gasteiger partial charge < -0.3 is 5.32 Å². The van der Waals surface area contributed by atoms with Gasteiger partial charge >= 0.3 is 6.03 Å². The van der Waals surface area contributed by atoms with Crippen LogP contribution in [-0.2, 0) is 0 Å². The fourth-order valence-corrected chi connectivity index (χ4v) is 2.01. The number of nitrogens with zero attached hydrogens (tertiary/aromatic N) is 5. The van der Waals surface area contributed by atoms with E-state index in [0.29, 0.717) is 12.2 Å². The van der Waals surface area contributed by atoms with E-state index in [4.69, 9.17) is 16.9 Å². The fourth-order valence-electron chi connectivity index (χ4n) is 1.78. The summed E-state index contributed by atoms with van der Waals surface area (Å²) < 4.78 is 1.55. The van der Waals surface area contributed by atoms with Crippen LogP contribution in [0.15, 0.2) is 30.7 Å². The lowest BCUT2D eigenvalue weighted by Crippen LogP contribution is -2.40. The summed E-state index contributed by atoms with van der Waals surface area (Å²) in [5.74, 6) is 0. The second-order valence-corrected chi connectivity index (χ2v) is 4.38. The molecule has 7 nitrogen and oxygen atoms in total. The van der Waals surface area contributed by atoms with Crippen LogP contribution in [0.3, 0.4) is 0 Å². The number of hydrogen-bond donors (Lipinski definition) is 1. The number of pyridine rings is 1. The number of amides is 2. The fraction of sp³-hybridized carbons (Fsp3) is 0.231. The van der Waals surface area contributed by atoms with Gasteiger partial charge in [-0.25, -0.2) is 9.48 Å². The van der Waals surface area contributed by atoms with Crippen molar-refractivity contribution in [1.29, 1.82) is 5.26 Å². The summed E-state index contributed by atoms with van der Waals surface area (Å²) in [6, 6.07) is 5.06. The normalized spacial score (nSPS) is 9.95. The molecule has 0 saturated carbocycles. The number of carbonyl (C=O) groups is 1. The first kappa shape index (κ1) is 14.8. The van der Waals surface area contributed by atoms with Gasteiger partial charge in [-0.1, -0.05) is 11.6 Å². The average molecular weight is 305 g/mol. The molecule has 0 saturated heterocycles. The molecule has 2 heterocycles. The van der Waals surface area contributed by atoms with Crippen LogP contribution in [0.2, 0.25) is 5.15 Å². The molecule has 0 spiro atoms. The highest BCUT2D eigenvalue weighted by atomic mass is 35.5. The molecular formula is C13H13ClN6O. The molecule has 1 N–H and O–H groups in total. The van der Waals surface area contributed by atoms with Crippen LogP contribution >= 0.6 is 11.6 Å². The van der Waals surface area contributed by atoms with Gasteiger partial charge in [0, 0.05) is 12.7 Å². The summed E-state index contributed by atoms with van der Waals surface area (Å²) in [6.07, 6.45) is 4.94. The maximum Gasteiger partial charge on any atom is 0.322 e. The molecule has 0 aliphatic carbocycles. The van der Waals surface area contributed by atoms with E-state index in [9.17, 15) is 4.79 Å². The highest BCUT2D eigenvalue weighted by Gasteiger charge is 2.19. The van der Waals surface area contributed by atoms with Gasteiger partial charge in [0.25, 0.3) is 0 Å². The van der Waals surface area contributed by atoms with Gasteiger partial charge in [-0.3, -0.25) is 9.88 Å². The zero-order valence-electron chi connectivity index (χ0n) is 11.3. The van der Waals surface area contributed by atoms with Gasteiger partial charge in [0.15, 0.2) is 5.15 Å². The van der Waals surface area contributed by atoms with Gasteiger partial charge in [-0.2, -0.15) is 10.4 Å². The van der Waals surface area contributed by atoms with Crippen LogP contribution in [0, 0.1) is 11.3 Å². The van der Waals surface area contributed by atoms with Crippen molar-refractivity contribution in [3.05, 3.63) is 35.9 Å². The maximum atomic E-state index is 12.0. The molecule has 0 radical (unpaired) electrons. The zero-order chi connectivity index (χ0) is 15.2. The lowest BCUT2D eigenvalue weighted by molar-refractivity contribution is 0.247. The van der Waals surface area contributed by atoms with Gasteiger partial charge in [0.1, 0.15) is 12.2 Å². The van der Waals surface area contributed by atoms with Gasteiger partial charge in [-0.15, -0.1) is 0 Å². The number of nitrogens with one attached hydrogen (secondary N) is 1. The molecule has 2 aromatic rings. The molecule has 0 aliphatic heterocycles. The van der Waals surface area contributed by atoms with Crippen molar-refractivity contribution in [1.82, 2.24) is 20.1 Å². The number of nitriles is 1. The summed E-state index contributed by atoms with van der Waals surface area (Å²) in [4.78, 5) is 17.4. The summed E-state index contributed by atoms with van der Waals surface area (Å²) >= 11 is 6.11. The Morgan fingerprint density at radius 1 is 1.62 bits per heavy atom. The monoisotopic (exact) mass is 304 g/mol. The first-order valence-corrected chi connectivity index (χ1v) is 6.63. The Balaban J connectivity index is 2.29. The third-order valence-electron chi connectivity index (χ3n) is 2.73. The van der Waals surface area contributed by atoms with Crippen molar-refractivity contribution >= 4 is 23.3 Å². The Morgan fingerprint density at radius 3 is 3.05 bits per heavy atom. The Bertz CT molecular complexity index is 663. The lowest BCUT2D eigenvalue weighted by Gasteiger charge is -2.18. The maximum absolute atomic E-state index is 12.0. The number of aromatic nitrogens is 3. The first-order valence-electron chi connectivity index (χ1n) is 6.25. The number of rotatable bonds is 4. The minimum Gasteiger partial charge on any atom is -0.325 e. The number of halogens is 1. The minimum absolute atomic E-state index is 0.0658. The van der Waals surface area contributed by atoms with E-state index in [1.54, 1.807) is 29.3 Å². The highest BCUT2D eigenvalue weighted by Crippen LogP contribution is 2.25. The van der Waals surface area contributed by atoms with Gasteiger partial charge in [0.05, 0.1) is 24.2 Å². The van der Waals surface area contributed by atoms with Crippen LogP contribution in [0.4, 0.5) is 10.5 Å². The SMILES string of the molecule is CCN(C(=O)NCC#N)c1cn(-c2cccnc2)nc1Cl. The number of carbonyl (C=O) groups excluding carboxylic acids is 1. The van der Waals surface area contributed by atoms with E-state index in [-0.39, 0.29) is 11.7 Å². The van der Waals surface area contributed by atoms with Crippen LogP contribution in [0.5, 0.6) is 0 Å². The van der Waals surface area contributed by atoms with Crippen molar-refractivity contribution in [2.45, 2.75) is 6.92 Å². The molecule has 108 valence electrons. The smallest absolute Gasteiger partial charge is 0.322 e. The molecule has 0 atom stereocenters. The third-order valence-corrected chi connectivity index (χ3v) is 3.00. The minimum atomic E-state index is -0.397. The number of hydrogen-bond acceptors (Lipinski definition) is 4. The summed E-state index contributed by atoms with van der Waals surface area (Å²) in [7, 11) is 0. The van der Waals surface area contributed by atoms with E-state index in [1.165, 1.54) is 4.90 Å². The molecule has 2 amide bonds. The molecule has 0 aromatic carbocycles. The van der Waals surface area contributed by atoms with Crippen LogP contribution in [0.25, 0.3) is 5.69 Å².